The molecule has 0 spiro atoms. The molecule has 0 bridgehead atoms. The van der Waals surface area contributed by atoms with Gasteiger partial charge in [0, 0.05) is 24.7 Å². The van der Waals surface area contributed by atoms with Crippen molar-refractivity contribution in [2.24, 2.45) is 7.05 Å². The molecule has 2 heterocycles. The van der Waals surface area contributed by atoms with Gasteiger partial charge in [0.25, 0.3) is 11.7 Å². The van der Waals surface area contributed by atoms with E-state index in [0.29, 0.717) is 5.75 Å². The third-order valence-electron chi connectivity index (χ3n) is 4.04. The van der Waals surface area contributed by atoms with Gasteiger partial charge in [0.1, 0.15) is 12.3 Å². The van der Waals surface area contributed by atoms with Crippen LogP contribution in [-0.2, 0) is 18.4 Å². The second-order valence-corrected chi connectivity index (χ2v) is 6.75. The van der Waals surface area contributed by atoms with Crippen molar-refractivity contribution in [3.05, 3.63) is 42.2 Å². The van der Waals surface area contributed by atoms with E-state index < -0.39 is 24.4 Å². The van der Waals surface area contributed by atoms with Crippen molar-refractivity contribution in [3.8, 4) is 5.75 Å². The highest BCUT2D eigenvalue weighted by molar-refractivity contribution is 6.46. The number of anilines is 1. The minimum atomic E-state index is -4.52. The molecule has 0 radical (unpaired) electrons. The molecule has 0 saturated heterocycles. The largest absolute Gasteiger partial charge is 0.491 e. The molecule has 3 rings (SSSR count). The molecule has 0 aliphatic heterocycles. The van der Waals surface area contributed by atoms with Gasteiger partial charge in [-0.2, -0.15) is 18.3 Å². The van der Waals surface area contributed by atoms with Crippen LogP contribution < -0.4 is 10.1 Å². The Morgan fingerprint density at radius 1 is 1.24 bits per heavy atom. The highest BCUT2D eigenvalue weighted by Crippen LogP contribution is 2.30. The first-order valence-corrected chi connectivity index (χ1v) is 8.76. The summed E-state index contributed by atoms with van der Waals surface area (Å²) in [4.78, 5) is 24.7. The number of aryl methyl sites for hydroxylation is 1. The van der Waals surface area contributed by atoms with Crippen LogP contribution in [0.3, 0.4) is 0 Å². The van der Waals surface area contributed by atoms with Crippen LogP contribution in [0.4, 0.5) is 19.0 Å². The van der Waals surface area contributed by atoms with Gasteiger partial charge in [0.05, 0.1) is 17.3 Å². The molecule has 0 fully saturated rings. The standard InChI is InChI=1S/C19H19F3N4O3/c1-11(2)29-12-6-7-13-15(9-12)26(10-19(20,21)22)24-17(13)23-18(28)16(27)14-5-4-8-25(14)3/h4-9,11H,10H2,1-3H3,(H,23,24,28). The predicted octanol–water partition coefficient (Wildman–Crippen LogP) is 3.55. The number of rotatable bonds is 6. The second-order valence-electron chi connectivity index (χ2n) is 6.75. The van der Waals surface area contributed by atoms with Gasteiger partial charge in [0.2, 0.25) is 0 Å². The van der Waals surface area contributed by atoms with Gasteiger partial charge >= 0.3 is 6.18 Å². The normalized spacial score (nSPS) is 11.8. The average molecular weight is 408 g/mol. The van der Waals surface area contributed by atoms with Gasteiger partial charge in [-0.25, -0.2) is 0 Å². The van der Waals surface area contributed by atoms with E-state index in [1.165, 1.54) is 22.8 Å². The summed E-state index contributed by atoms with van der Waals surface area (Å²) in [6, 6.07) is 7.55. The van der Waals surface area contributed by atoms with Gasteiger partial charge in [-0.05, 0) is 38.1 Å². The van der Waals surface area contributed by atoms with Crippen molar-refractivity contribution < 1.29 is 27.5 Å². The highest BCUT2D eigenvalue weighted by atomic mass is 19.4. The molecule has 2 aromatic heterocycles. The fraction of sp³-hybridized carbons (Fsp3) is 0.316. The van der Waals surface area contributed by atoms with Crippen LogP contribution in [0.25, 0.3) is 10.9 Å². The van der Waals surface area contributed by atoms with E-state index in [1.807, 2.05) is 0 Å². The maximum Gasteiger partial charge on any atom is 0.408 e. The molecule has 7 nitrogen and oxygen atoms in total. The highest BCUT2D eigenvalue weighted by Gasteiger charge is 2.30. The minimum absolute atomic E-state index is 0.127. The van der Waals surface area contributed by atoms with Crippen molar-refractivity contribution in [3.63, 3.8) is 0 Å². The lowest BCUT2D eigenvalue weighted by atomic mass is 10.2. The Hall–Kier alpha value is -3.30. The number of ether oxygens (including phenoxy) is 1. The first-order valence-electron chi connectivity index (χ1n) is 8.76. The molecule has 0 aliphatic rings. The lowest BCUT2D eigenvalue weighted by molar-refractivity contribution is -0.141. The van der Waals surface area contributed by atoms with E-state index in [4.69, 9.17) is 4.74 Å². The van der Waals surface area contributed by atoms with Gasteiger partial charge in [-0.3, -0.25) is 14.3 Å². The molecule has 3 aromatic rings. The summed E-state index contributed by atoms with van der Waals surface area (Å²) in [6.45, 7) is 2.23. The molecule has 0 atom stereocenters. The third-order valence-corrected chi connectivity index (χ3v) is 4.04. The molecule has 0 unspecified atom stereocenters. The predicted molar refractivity (Wildman–Crippen MR) is 99.9 cm³/mol. The van der Waals surface area contributed by atoms with Crippen molar-refractivity contribution in [1.82, 2.24) is 14.3 Å². The summed E-state index contributed by atoms with van der Waals surface area (Å²) in [5, 5.41) is 6.46. The van der Waals surface area contributed by atoms with Gasteiger partial charge in [-0.1, -0.05) is 0 Å². The van der Waals surface area contributed by atoms with Crippen LogP contribution >= 0.6 is 0 Å². The average Bonchev–Trinajstić information content (AvgIpc) is 3.16. The zero-order valence-corrected chi connectivity index (χ0v) is 15.9. The lowest BCUT2D eigenvalue weighted by Crippen LogP contribution is -2.25. The number of hydrogen-bond donors (Lipinski definition) is 1. The van der Waals surface area contributed by atoms with Gasteiger partial charge in [-0.15, -0.1) is 0 Å². The second kappa shape index (κ2) is 7.61. The van der Waals surface area contributed by atoms with E-state index in [2.05, 4.69) is 10.4 Å². The quantitative estimate of drug-likeness (QED) is 0.500. The van der Waals surface area contributed by atoms with Crippen molar-refractivity contribution in [1.29, 1.82) is 0 Å². The van der Waals surface area contributed by atoms with Crippen LogP contribution in [0.1, 0.15) is 24.3 Å². The third kappa shape index (κ3) is 4.58. The Morgan fingerprint density at radius 2 is 1.97 bits per heavy atom. The molecule has 0 aliphatic carbocycles. The van der Waals surface area contributed by atoms with Crippen molar-refractivity contribution in [2.45, 2.75) is 32.7 Å². The topological polar surface area (TPSA) is 78.2 Å². The van der Waals surface area contributed by atoms with Crippen molar-refractivity contribution in [2.75, 3.05) is 5.32 Å². The number of ketones is 1. The Labute approximate surface area is 164 Å². The number of nitrogens with one attached hydrogen (secondary N) is 1. The molecule has 1 amide bonds. The Morgan fingerprint density at radius 3 is 2.55 bits per heavy atom. The smallest absolute Gasteiger partial charge is 0.408 e. The number of Topliss-reactive ketones (excluding diaryl/α,β-unsaturated/α-hetero) is 1. The maximum atomic E-state index is 13.0. The number of fused-ring (bicyclic) bond motifs is 1. The minimum Gasteiger partial charge on any atom is -0.491 e. The molecule has 29 heavy (non-hydrogen) atoms. The number of alkyl halides is 3. The zero-order valence-electron chi connectivity index (χ0n) is 15.9. The van der Waals surface area contributed by atoms with Crippen LogP contribution in [0.2, 0.25) is 0 Å². The summed E-state index contributed by atoms with van der Waals surface area (Å²) in [6.07, 6.45) is -3.09. The number of aromatic nitrogens is 3. The summed E-state index contributed by atoms with van der Waals surface area (Å²) >= 11 is 0. The van der Waals surface area contributed by atoms with Gasteiger partial charge < -0.3 is 14.6 Å². The van der Waals surface area contributed by atoms with E-state index in [-0.39, 0.29) is 28.5 Å². The fourth-order valence-electron chi connectivity index (χ4n) is 2.86. The van der Waals surface area contributed by atoms with Gasteiger partial charge in [0.15, 0.2) is 5.82 Å². The number of carbonyl (C=O) groups excluding carboxylic acids is 2. The molecule has 1 N–H and O–H groups in total. The number of halogens is 3. The van der Waals surface area contributed by atoms with Crippen LogP contribution in [-0.4, -0.2) is 38.3 Å². The van der Waals surface area contributed by atoms with E-state index >= 15 is 0 Å². The van der Waals surface area contributed by atoms with Crippen LogP contribution in [0.15, 0.2) is 36.5 Å². The Bertz CT molecular complexity index is 1070. The number of nitrogens with zero attached hydrogens (tertiary/aromatic N) is 3. The molecule has 10 heteroatoms. The lowest BCUT2D eigenvalue weighted by Gasteiger charge is -2.11. The number of hydrogen-bond acceptors (Lipinski definition) is 4. The monoisotopic (exact) mass is 408 g/mol. The number of amides is 1. The molecule has 0 saturated carbocycles. The summed E-state index contributed by atoms with van der Waals surface area (Å²) in [5.74, 6) is -1.58. The molecule has 1 aromatic carbocycles. The van der Waals surface area contributed by atoms with E-state index in [9.17, 15) is 22.8 Å². The van der Waals surface area contributed by atoms with E-state index in [1.54, 1.807) is 39.2 Å². The summed E-state index contributed by atoms with van der Waals surface area (Å²) < 4.78 is 46.7. The van der Waals surface area contributed by atoms with E-state index in [0.717, 1.165) is 4.68 Å². The molecular formula is C19H19F3N4O3. The van der Waals surface area contributed by atoms with Crippen LogP contribution in [0.5, 0.6) is 5.75 Å². The Kier molecular flexibility index (Phi) is 5.36. The summed E-state index contributed by atoms with van der Waals surface area (Å²) in [5.41, 5.74) is 0.274. The first-order chi connectivity index (χ1) is 13.5. The molecule has 154 valence electrons. The number of benzene rings is 1. The summed E-state index contributed by atoms with van der Waals surface area (Å²) in [7, 11) is 1.60. The zero-order chi connectivity index (χ0) is 21.3. The Balaban J connectivity index is 1.97. The van der Waals surface area contributed by atoms with Crippen LogP contribution in [0, 0.1) is 0 Å². The molecular weight excluding hydrogens is 389 g/mol. The van der Waals surface area contributed by atoms with Crippen molar-refractivity contribution >= 4 is 28.4 Å². The first kappa shape index (κ1) is 20.4. The SMILES string of the molecule is CC(C)Oc1ccc2c(NC(=O)C(=O)c3cccn3C)nn(CC(F)(F)F)c2c1. The fourth-order valence-corrected chi connectivity index (χ4v) is 2.86. The number of carbonyl (C=O) groups is 2. The maximum absolute atomic E-state index is 13.0.